The van der Waals surface area contributed by atoms with Crippen molar-refractivity contribution in [2.75, 3.05) is 19.8 Å². The molecule has 1 unspecified atom stereocenters. The van der Waals surface area contributed by atoms with Crippen LogP contribution in [-0.2, 0) is 18.9 Å². The van der Waals surface area contributed by atoms with Gasteiger partial charge in [0.2, 0.25) is 0 Å². The van der Waals surface area contributed by atoms with Gasteiger partial charge in [-0.3, -0.25) is 0 Å². The summed E-state index contributed by atoms with van der Waals surface area (Å²) in [5.74, 6) is 0.194. The third kappa shape index (κ3) is 3.64. The summed E-state index contributed by atoms with van der Waals surface area (Å²) < 4.78 is 24.0. The molecule has 4 aliphatic rings. The fourth-order valence-corrected chi connectivity index (χ4v) is 5.80. The lowest BCUT2D eigenvalue weighted by atomic mass is 9.77. The molecule has 4 nitrogen and oxygen atoms in total. The molecule has 3 heterocycles. The number of ether oxygens (including phenoxy) is 4. The smallest absolute Gasteiger partial charge is 0.286 e. The summed E-state index contributed by atoms with van der Waals surface area (Å²) in [5.41, 5.74) is 5.08. The molecule has 164 valence electrons. The van der Waals surface area contributed by atoms with E-state index in [4.69, 9.17) is 18.9 Å². The third-order valence-electron chi connectivity index (χ3n) is 7.70. The summed E-state index contributed by atoms with van der Waals surface area (Å²) >= 11 is 0. The van der Waals surface area contributed by atoms with E-state index in [0.717, 1.165) is 32.3 Å². The van der Waals surface area contributed by atoms with E-state index in [1.165, 1.54) is 35.1 Å². The minimum Gasteiger partial charge on any atom is -0.368 e. The largest absolute Gasteiger partial charge is 0.368 e. The van der Waals surface area contributed by atoms with Gasteiger partial charge in [0.15, 0.2) is 0 Å². The van der Waals surface area contributed by atoms with Crippen LogP contribution in [-0.4, -0.2) is 31.4 Å². The number of benzene rings is 2. The quantitative estimate of drug-likeness (QED) is 0.540. The molecular weight excluding hydrogens is 388 g/mol. The summed E-state index contributed by atoms with van der Waals surface area (Å²) in [6.45, 7) is 4.44. The fourth-order valence-electron chi connectivity index (χ4n) is 5.80. The van der Waals surface area contributed by atoms with E-state index < -0.39 is 5.97 Å². The highest BCUT2D eigenvalue weighted by Gasteiger charge is 2.61. The Hall–Kier alpha value is -1.72. The molecule has 4 fully saturated rings. The van der Waals surface area contributed by atoms with Crippen molar-refractivity contribution in [2.45, 2.75) is 69.0 Å². The first kappa shape index (κ1) is 19.9. The number of epoxide rings is 1. The van der Waals surface area contributed by atoms with Gasteiger partial charge in [-0.25, -0.2) is 0 Å². The van der Waals surface area contributed by atoms with E-state index in [2.05, 4.69) is 55.5 Å². The first-order valence-electron chi connectivity index (χ1n) is 12.0. The Morgan fingerprint density at radius 3 is 1.94 bits per heavy atom. The van der Waals surface area contributed by atoms with Crippen LogP contribution < -0.4 is 0 Å². The summed E-state index contributed by atoms with van der Waals surface area (Å²) in [6.07, 6.45) is 6.97. The molecule has 2 aromatic rings. The topological polar surface area (TPSA) is 40.2 Å². The van der Waals surface area contributed by atoms with Crippen molar-refractivity contribution in [3.8, 4) is 11.1 Å². The molecule has 2 bridgehead atoms. The van der Waals surface area contributed by atoms with Gasteiger partial charge in [-0.05, 0) is 60.3 Å². The van der Waals surface area contributed by atoms with Crippen molar-refractivity contribution in [3.63, 3.8) is 0 Å². The standard InChI is InChI=1S/C27H32O4/c1-2-15-26-17-29-27(31-26,30-18-26)24-13-11-22(12-14-24)20-5-3-19(4-6-20)21-7-9-23(10-8-21)25-16-28-25/h3-10,22,24-25H,2,11-18H2,1H3. The second-order valence-electron chi connectivity index (χ2n) is 9.83. The van der Waals surface area contributed by atoms with Crippen LogP contribution in [0.4, 0.5) is 0 Å². The third-order valence-corrected chi connectivity index (χ3v) is 7.70. The Morgan fingerprint density at radius 2 is 1.39 bits per heavy atom. The summed E-state index contributed by atoms with van der Waals surface area (Å²) in [7, 11) is 0. The Morgan fingerprint density at radius 1 is 0.806 bits per heavy atom. The maximum atomic E-state index is 6.41. The monoisotopic (exact) mass is 420 g/mol. The van der Waals surface area contributed by atoms with Crippen LogP contribution in [0.2, 0.25) is 0 Å². The van der Waals surface area contributed by atoms with Crippen molar-refractivity contribution in [1.29, 1.82) is 0 Å². The Balaban J connectivity index is 1.08. The lowest BCUT2D eigenvalue weighted by Gasteiger charge is -2.37. The van der Waals surface area contributed by atoms with Gasteiger partial charge in [0.1, 0.15) is 11.7 Å². The SMILES string of the molecule is CCCC12COC(C3CCC(c4ccc(-c5ccc(C6CO6)cc5)cc4)CC3)(OC1)O2. The highest BCUT2D eigenvalue weighted by Crippen LogP contribution is 2.51. The van der Waals surface area contributed by atoms with Crippen molar-refractivity contribution >= 4 is 0 Å². The zero-order valence-electron chi connectivity index (χ0n) is 18.3. The first-order chi connectivity index (χ1) is 15.2. The van der Waals surface area contributed by atoms with Gasteiger partial charge in [0.05, 0.1) is 19.8 Å². The van der Waals surface area contributed by atoms with Crippen molar-refractivity contribution < 1.29 is 18.9 Å². The lowest BCUT2D eigenvalue weighted by molar-refractivity contribution is -0.332. The van der Waals surface area contributed by atoms with Gasteiger partial charge < -0.3 is 18.9 Å². The number of rotatable bonds is 6. The number of fused-ring (bicyclic) bond motifs is 2. The zero-order valence-corrected chi connectivity index (χ0v) is 18.3. The minimum absolute atomic E-state index is 0.189. The molecule has 0 spiro atoms. The van der Waals surface area contributed by atoms with Crippen LogP contribution in [0.5, 0.6) is 0 Å². The molecule has 1 saturated carbocycles. The second-order valence-corrected chi connectivity index (χ2v) is 9.83. The zero-order chi connectivity index (χ0) is 20.9. The van der Waals surface area contributed by atoms with Gasteiger partial charge in [0, 0.05) is 5.92 Å². The van der Waals surface area contributed by atoms with E-state index in [0.29, 0.717) is 31.2 Å². The Kier molecular flexibility index (Phi) is 4.95. The predicted octanol–water partition coefficient (Wildman–Crippen LogP) is 5.97. The summed E-state index contributed by atoms with van der Waals surface area (Å²) in [6, 6.07) is 18.0. The molecule has 3 aliphatic heterocycles. The van der Waals surface area contributed by atoms with E-state index in [1.807, 2.05) is 0 Å². The maximum absolute atomic E-state index is 6.41. The van der Waals surface area contributed by atoms with E-state index >= 15 is 0 Å². The van der Waals surface area contributed by atoms with Crippen molar-refractivity contribution in [1.82, 2.24) is 0 Å². The maximum Gasteiger partial charge on any atom is 0.286 e. The highest BCUT2D eigenvalue weighted by atomic mass is 16.9. The molecule has 31 heavy (non-hydrogen) atoms. The summed E-state index contributed by atoms with van der Waals surface area (Å²) in [4.78, 5) is 0. The summed E-state index contributed by atoms with van der Waals surface area (Å²) in [5, 5.41) is 0. The molecule has 1 atom stereocenters. The van der Waals surface area contributed by atoms with Gasteiger partial charge >= 0.3 is 0 Å². The molecule has 4 heteroatoms. The molecule has 6 rings (SSSR count). The van der Waals surface area contributed by atoms with Crippen molar-refractivity contribution in [3.05, 3.63) is 59.7 Å². The molecule has 0 radical (unpaired) electrons. The van der Waals surface area contributed by atoms with Crippen LogP contribution in [0.1, 0.15) is 68.6 Å². The van der Waals surface area contributed by atoms with Gasteiger partial charge in [-0.15, -0.1) is 0 Å². The minimum atomic E-state index is -0.762. The molecule has 2 aromatic carbocycles. The van der Waals surface area contributed by atoms with Crippen LogP contribution in [0.15, 0.2) is 48.5 Å². The normalized spacial score (nSPS) is 36.6. The number of hydrogen-bond donors (Lipinski definition) is 0. The molecule has 1 aliphatic carbocycles. The average molecular weight is 421 g/mol. The molecule has 0 amide bonds. The lowest BCUT2D eigenvalue weighted by Crippen LogP contribution is -2.42. The molecular formula is C27H32O4. The van der Waals surface area contributed by atoms with Gasteiger partial charge in [-0.1, -0.05) is 61.9 Å². The van der Waals surface area contributed by atoms with E-state index in [9.17, 15) is 0 Å². The molecule has 3 saturated heterocycles. The van der Waals surface area contributed by atoms with Crippen LogP contribution in [0, 0.1) is 5.92 Å². The van der Waals surface area contributed by atoms with Crippen LogP contribution in [0.3, 0.4) is 0 Å². The van der Waals surface area contributed by atoms with E-state index in [-0.39, 0.29) is 5.60 Å². The van der Waals surface area contributed by atoms with Gasteiger partial charge in [0.25, 0.3) is 5.97 Å². The molecule has 0 aromatic heterocycles. The first-order valence-corrected chi connectivity index (χ1v) is 12.0. The second kappa shape index (κ2) is 7.70. The van der Waals surface area contributed by atoms with Gasteiger partial charge in [-0.2, -0.15) is 0 Å². The highest BCUT2D eigenvalue weighted by molar-refractivity contribution is 5.64. The number of hydrogen-bond acceptors (Lipinski definition) is 4. The van der Waals surface area contributed by atoms with Crippen molar-refractivity contribution in [2.24, 2.45) is 5.92 Å². The predicted molar refractivity (Wildman–Crippen MR) is 119 cm³/mol. The van der Waals surface area contributed by atoms with Crippen LogP contribution >= 0.6 is 0 Å². The molecule has 0 N–H and O–H groups in total. The van der Waals surface area contributed by atoms with E-state index in [1.54, 1.807) is 0 Å². The Labute approximate surface area is 184 Å². The van der Waals surface area contributed by atoms with Crippen LogP contribution in [0.25, 0.3) is 11.1 Å². The average Bonchev–Trinajstić information content (AvgIpc) is 3.53. The fraction of sp³-hybridized carbons (Fsp3) is 0.556. The Bertz CT molecular complexity index is 899.